The smallest absolute Gasteiger partial charge is 0.244 e. The second kappa shape index (κ2) is 10.9. The number of rotatable bonds is 8. The third kappa shape index (κ3) is 8.01. The fourth-order valence-corrected chi connectivity index (χ4v) is 4.54. The van der Waals surface area contributed by atoms with Crippen molar-refractivity contribution in [3.63, 3.8) is 0 Å². The van der Waals surface area contributed by atoms with Crippen molar-refractivity contribution in [2.75, 3.05) is 17.1 Å². The minimum Gasteiger partial charge on any atom is -0.350 e. The second-order valence-electron chi connectivity index (χ2n) is 8.78. The molecule has 2 aromatic carbocycles. The van der Waals surface area contributed by atoms with Crippen LogP contribution in [0.3, 0.4) is 0 Å². The molecule has 33 heavy (non-hydrogen) atoms. The van der Waals surface area contributed by atoms with Gasteiger partial charge in [0.2, 0.25) is 21.8 Å². The van der Waals surface area contributed by atoms with Crippen LogP contribution in [0.1, 0.15) is 33.3 Å². The van der Waals surface area contributed by atoms with Gasteiger partial charge in [0.05, 0.1) is 11.9 Å². The molecule has 2 amide bonds. The molecule has 0 aliphatic rings. The van der Waals surface area contributed by atoms with Crippen molar-refractivity contribution in [3.8, 4) is 0 Å². The Morgan fingerprint density at radius 2 is 1.76 bits per heavy atom. The highest BCUT2D eigenvalue weighted by molar-refractivity contribution is 9.10. The molecule has 0 spiro atoms. The van der Waals surface area contributed by atoms with Crippen LogP contribution in [0, 0.1) is 0 Å². The summed E-state index contributed by atoms with van der Waals surface area (Å²) >= 11 is 9.64. The van der Waals surface area contributed by atoms with Gasteiger partial charge in [0.25, 0.3) is 0 Å². The van der Waals surface area contributed by atoms with Gasteiger partial charge >= 0.3 is 0 Å². The molecule has 1 atom stereocenters. The van der Waals surface area contributed by atoms with E-state index in [1.165, 1.54) is 4.90 Å². The van der Waals surface area contributed by atoms with Crippen LogP contribution in [-0.4, -0.2) is 49.5 Å². The highest BCUT2D eigenvalue weighted by Gasteiger charge is 2.31. The molecule has 0 saturated heterocycles. The standard InChI is InChI=1S/C23H29BrClN3O4S/c1-16(22(30)26-23(2,3)4)27(14-17-9-6-7-12-20(17)25)21(29)15-28(33(5,31)32)19-11-8-10-18(24)13-19/h6-13,16H,14-15H2,1-5H3,(H,26,30)/t16-/m1/s1. The number of amides is 2. The number of halogens is 2. The SMILES string of the molecule is C[C@H](C(=O)NC(C)(C)C)N(Cc1ccccc1Cl)C(=O)CN(c1cccc(Br)c1)S(C)(=O)=O. The molecule has 0 bridgehead atoms. The number of hydrogen-bond acceptors (Lipinski definition) is 4. The van der Waals surface area contributed by atoms with Crippen LogP contribution in [0.4, 0.5) is 5.69 Å². The number of sulfonamides is 1. The van der Waals surface area contributed by atoms with Crippen molar-refractivity contribution >= 4 is 55.1 Å². The van der Waals surface area contributed by atoms with E-state index in [1.807, 2.05) is 20.8 Å². The molecular formula is C23H29BrClN3O4S. The predicted octanol–water partition coefficient (Wildman–Crippen LogP) is 4.20. The molecule has 0 aliphatic heterocycles. The lowest BCUT2D eigenvalue weighted by Crippen LogP contribution is -2.54. The van der Waals surface area contributed by atoms with Crippen LogP contribution in [0.5, 0.6) is 0 Å². The van der Waals surface area contributed by atoms with Gasteiger partial charge in [-0.15, -0.1) is 0 Å². The van der Waals surface area contributed by atoms with E-state index >= 15 is 0 Å². The van der Waals surface area contributed by atoms with Crippen molar-refractivity contribution in [1.29, 1.82) is 0 Å². The van der Waals surface area contributed by atoms with Gasteiger partial charge in [-0.05, 0) is 57.5 Å². The molecule has 0 unspecified atom stereocenters. The van der Waals surface area contributed by atoms with Crippen LogP contribution in [-0.2, 0) is 26.2 Å². The molecule has 0 fully saturated rings. The summed E-state index contributed by atoms with van der Waals surface area (Å²) in [5.74, 6) is -0.881. The van der Waals surface area contributed by atoms with E-state index in [1.54, 1.807) is 55.5 Å². The van der Waals surface area contributed by atoms with E-state index in [9.17, 15) is 18.0 Å². The Kier molecular flexibility index (Phi) is 8.95. The lowest BCUT2D eigenvalue weighted by atomic mass is 10.1. The largest absolute Gasteiger partial charge is 0.350 e. The molecule has 1 N–H and O–H groups in total. The van der Waals surface area contributed by atoms with Crippen molar-refractivity contribution in [2.24, 2.45) is 0 Å². The fraction of sp³-hybridized carbons (Fsp3) is 0.391. The number of hydrogen-bond donors (Lipinski definition) is 1. The Labute approximate surface area is 209 Å². The maximum absolute atomic E-state index is 13.5. The normalized spacial score (nSPS) is 12.7. The Bertz CT molecular complexity index is 1120. The summed E-state index contributed by atoms with van der Waals surface area (Å²) in [6, 6.07) is 12.8. The molecule has 0 heterocycles. The fourth-order valence-electron chi connectivity index (χ4n) is 3.11. The summed E-state index contributed by atoms with van der Waals surface area (Å²) < 4.78 is 26.8. The highest BCUT2D eigenvalue weighted by atomic mass is 79.9. The molecule has 0 aliphatic carbocycles. The summed E-state index contributed by atoms with van der Waals surface area (Å²) in [7, 11) is -3.78. The van der Waals surface area contributed by atoms with Crippen LogP contribution in [0.2, 0.25) is 5.02 Å². The minimum atomic E-state index is -3.78. The highest BCUT2D eigenvalue weighted by Crippen LogP contribution is 2.24. The summed E-state index contributed by atoms with van der Waals surface area (Å²) in [6.45, 7) is 6.73. The first kappa shape index (κ1) is 27.1. The van der Waals surface area contributed by atoms with Crippen LogP contribution >= 0.6 is 27.5 Å². The number of nitrogens with zero attached hydrogens (tertiary/aromatic N) is 2. The topological polar surface area (TPSA) is 86.8 Å². The molecule has 0 radical (unpaired) electrons. The van der Waals surface area contributed by atoms with Crippen LogP contribution in [0.15, 0.2) is 53.0 Å². The number of carbonyl (C=O) groups is 2. The lowest BCUT2D eigenvalue weighted by molar-refractivity contribution is -0.140. The van der Waals surface area contributed by atoms with E-state index in [2.05, 4.69) is 21.2 Å². The van der Waals surface area contributed by atoms with Gasteiger partial charge in [-0.3, -0.25) is 13.9 Å². The first-order valence-corrected chi connectivity index (χ1v) is 13.3. The quantitative estimate of drug-likeness (QED) is 0.526. The molecular weight excluding hydrogens is 530 g/mol. The average Bonchev–Trinajstić information content (AvgIpc) is 2.68. The van der Waals surface area contributed by atoms with Crippen molar-refractivity contribution in [2.45, 2.75) is 45.8 Å². The number of nitrogens with one attached hydrogen (secondary N) is 1. The molecule has 0 saturated carbocycles. The van der Waals surface area contributed by atoms with Gasteiger partial charge in [-0.2, -0.15) is 0 Å². The van der Waals surface area contributed by atoms with Gasteiger partial charge in [-0.25, -0.2) is 8.42 Å². The van der Waals surface area contributed by atoms with E-state index in [0.29, 0.717) is 20.7 Å². The van der Waals surface area contributed by atoms with Gasteiger partial charge in [0.1, 0.15) is 12.6 Å². The zero-order valence-electron chi connectivity index (χ0n) is 19.3. The third-order valence-corrected chi connectivity index (χ3v) is 6.74. The molecule has 2 rings (SSSR count). The maximum atomic E-state index is 13.5. The number of carbonyl (C=O) groups excluding carboxylic acids is 2. The molecule has 10 heteroatoms. The van der Waals surface area contributed by atoms with Crippen molar-refractivity contribution < 1.29 is 18.0 Å². The van der Waals surface area contributed by atoms with E-state index in [0.717, 1.165) is 10.6 Å². The van der Waals surface area contributed by atoms with Gasteiger partial charge in [-0.1, -0.05) is 51.8 Å². The van der Waals surface area contributed by atoms with Crippen molar-refractivity contribution in [3.05, 3.63) is 63.6 Å². The third-order valence-electron chi connectivity index (χ3n) is 4.74. The summed E-state index contributed by atoms with van der Waals surface area (Å²) in [6.07, 6.45) is 1.04. The first-order valence-electron chi connectivity index (χ1n) is 10.3. The molecule has 0 aromatic heterocycles. The van der Waals surface area contributed by atoms with Gasteiger partial charge < -0.3 is 10.2 Å². The van der Waals surface area contributed by atoms with E-state index < -0.39 is 34.1 Å². The predicted molar refractivity (Wildman–Crippen MR) is 136 cm³/mol. The number of anilines is 1. The molecule has 180 valence electrons. The lowest BCUT2D eigenvalue weighted by Gasteiger charge is -2.33. The Balaban J connectivity index is 2.42. The minimum absolute atomic E-state index is 0.0489. The summed E-state index contributed by atoms with van der Waals surface area (Å²) in [5.41, 5.74) is 0.487. The number of benzene rings is 2. The second-order valence-corrected chi connectivity index (χ2v) is 12.0. The molecule has 2 aromatic rings. The van der Waals surface area contributed by atoms with Crippen LogP contribution < -0.4 is 9.62 Å². The zero-order chi connectivity index (χ0) is 25.0. The van der Waals surface area contributed by atoms with Crippen LogP contribution in [0.25, 0.3) is 0 Å². The average molecular weight is 559 g/mol. The van der Waals surface area contributed by atoms with Gasteiger partial charge in [0.15, 0.2) is 0 Å². The zero-order valence-corrected chi connectivity index (χ0v) is 22.5. The first-order chi connectivity index (χ1) is 15.2. The van der Waals surface area contributed by atoms with Gasteiger partial charge in [0, 0.05) is 21.6 Å². The van der Waals surface area contributed by atoms with E-state index in [-0.39, 0.29) is 12.5 Å². The monoisotopic (exact) mass is 557 g/mol. The summed E-state index contributed by atoms with van der Waals surface area (Å²) in [5, 5.41) is 3.32. The molecule has 7 nitrogen and oxygen atoms in total. The maximum Gasteiger partial charge on any atom is 0.244 e. The summed E-state index contributed by atoms with van der Waals surface area (Å²) in [4.78, 5) is 27.7. The van der Waals surface area contributed by atoms with E-state index in [4.69, 9.17) is 11.6 Å². The Morgan fingerprint density at radius 1 is 1.12 bits per heavy atom. The Morgan fingerprint density at radius 3 is 2.30 bits per heavy atom. The van der Waals surface area contributed by atoms with Crippen molar-refractivity contribution in [1.82, 2.24) is 10.2 Å². The Hall–Kier alpha value is -2.10.